The maximum absolute atomic E-state index is 12.9. The first kappa shape index (κ1) is 30.2. The summed E-state index contributed by atoms with van der Waals surface area (Å²) in [6, 6.07) is 14.7. The first-order valence-electron chi connectivity index (χ1n) is 13.0. The van der Waals surface area contributed by atoms with Crippen LogP contribution >= 0.6 is 0 Å². The van der Waals surface area contributed by atoms with E-state index in [0.29, 0.717) is 24.5 Å². The first-order chi connectivity index (χ1) is 17.3. The topological polar surface area (TPSA) is 96.9 Å². The van der Waals surface area contributed by atoms with Crippen LogP contribution < -0.4 is 15.4 Å². The average Bonchev–Trinajstić information content (AvgIpc) is 2.77. The third-order valence-corrected chi connectivity index (χ3v) is 5.87. The Labute approximate surface area is 222 Å². The molecule has 2 amide bonds. The summed E-state index contributed by atoms with van der Waals surface area (Å²) >= 11 is 0. The quantitative estimate of drug-likeness (QED) is 0.368. The van der Waals surface area contributed by atoms with Gasteiger partial charge in [0.1, 0.15) is 11.4 Å². The molecule has 0 aliphatic rings. The van der Waals surface area contributed by atoms with E-state index in [1.807, 2.05) is 83.1 Å². The highest BCUT2D eigenvalue weighted by molar-refractivity contribution is 5.78. The van der Waals surface area contributed by atoms with Crippen LogP contribution in [0.3, 0.4) is 0 Å². The van der Waals surface area contributed by atoms with Gasteiger partial charge in [-0.25, -0.2) is 4.79 Å². The highest BCUT2D eigenvalue weighted by Crippen LogP contribution is 2.22. The molecule has 0 aromatic heterocycles. The van der Waals surface area contributed by atoms with E-state index in [1.165, 1.54) is 0 Å². The van der Waals surface area contributed by atoms with Crippen molar-refractivity contribution in [1.82, 2.24) is 10.6 Å². The molecule has 3 atom stereocenters. The number of rotatable bonds is 12. The number of carbonyl (C=O) groups excluding carboxylic acids is 2. The highest BCUT2D eigenvalue weighted by atomic mass is 16.6. The molecule has 2 aromatic rings. The molecule has 204 valence electrons. The van der Waals surface area contributed by atoms with E-state index in [0.717, 1.165) is 16.7 Å². The van der Waals surface area contributed by atoms with E-state index >= 15 is 0 Å². The molecule has 0 aliphatic carbocycles. The summed E-state index contributed by atoms with van der Waals surface area (Å²) in [5.74, 6) is 0.666. The van der Waals surface area contributed by atoms with Gasteiger partial charge >= 0.3 is 6.09 Å². The SMILES string of the molecule is Cc1cccc(C)c1OCC(=O)N[C@@H](Cc1ccccc1)[C@@H](O)C[C@H](CC(C)C)NC(=O)OC(C)(C)C. The normalized spacial score (nSPS) is 14.0. The largest absolute Gasteiger partial charge is 0.483 e. The molecule has 0 unspecified atom stereocenters. The molecule has 0 saturated heterocycles. The molecule has 2 rings (SSSR count). The lowest BCUT2D eigenvalue weighted by Crippen LogP contribution is -2.49. The number of benzene rings is 2. The average molecular weight is 513 g/mol. The van der Waals surface area contributed by atoms with Crippen LogP contribution in [0.15, 0.2) is 48.5 Å². The lowest BCUT2D eigenvalue weighted by Gasteiger charge is -2.30. The molecule has 0 radical (unpaired) electrons. The third-order valence-electron chi connectivity index (χ3n) is 5.87. The number of para-hydroxylation sites is 1. The van der Waals surface area contributed by atoms with E-state index in [2.05, 4.69) is 24.5 Å². The molecule has 0 bridgehead atoms. The van der Waals surface area contributed by atoms with Gasteiger partial charge in [0.05, 0.1) is 12.1 Å². The van der Waals surface area contributed by atoms with Crippen LogP contribution in [0.25, 0.3) is 0 Å². The van der Waals surface area contributed by atoms with Crippen molar-refractivity contribution in [1.29, 1.82) is 0 Å². The Morgan fingerprint density at radius 2 is 1.54 bits per heavy atom. The second-order valence-electron chi connectivity index (χ2n) is 11.1. The molecule has 3 N–H and O–H groups in total. The molecule has 0 aliphatic heterocycles. The lowest BCUT2D eigenvalue weighted by atomic mass is 9.92. The van der Waals surface area contributed by atoms with Gasteiger partial charge in [0, 0.05) is 6.04 Å². The van der Waals surface area contributed by atoms with Crippen LogP contribution in [0.2, 0.25) is 0 Å². The van der Waals surface area contributed by atoms with Crippen LogP contribution in [0, 0.1) is 19.8 Å². The molecule has 0 spiro atoms. The van der Waals surface area contributed by atoms with Crippen molar-refractivity contribution in [2.24, 2.45) is 5.92 Å². The summed E-state index contributed by atoms with van der Waals surface area (Å²) in [4.78, 5) is 25.3. The van der Waals surface area contributed by atoms with Crippen molar-refractivity contribution in [3.8, 4) is 5.75 Å². The highest BCUT2D eigenvalue weighted by Gasteiger charge is 2.28. The van der Waals surface area contributed by atoms with Crippen molar-refractivity contribution >= 4 is 12.0 Å². The number of carbonyl (C=O) groups is 2. The predicted octanol–water partition coefficient (Wildman–Crippen LogP) is 5.10. The molecule has 7 nitrogen and oxygen atoms in total. The number of alkyl carbamates (subject to hydrolysis) is 1. The zero-order valence-electron chi connectivity index (χ0n) is 23.3. The molecular weight excluding hydrogens is 468 g/mol. The number of hydrogen-bond donors (Lipinski definition) is 3. The number of aliphatic hydroxyl groups excluding tert-OH is 1. The van der Waals surface area contributed by atoms with Crippen molar-refractivity contribution < 1.29 is 24.2 Å². The molecular formula is C30H44N2O5. The zero-order valence-corrected chi connectivity index (χ0v) is 23.3. The Morgan fingerprint density at radius 3 is 2.11 bits per heavy atom. The maximum atomic E-state index is 12.9. The Hall–Kier alpha value is -3.06. The summed E-state index contributed by atoms with van der Waals surface area (Å²) in [6.07, 6.45) is -0.0397. The van der Waals surface area contributed by atoms with Gasteiger partial charge in [0.2, 0.25) is 0 Å². The fourth-order valence-electron chi connectivity index (χ4n) is 4.28. The Kier molecular flexibility index (Phi) is 11.4. The van der Waals surface area contributed by atoms with Crippen LogP contribution in [0.1, 0.15) is 64.2 Å². The number of aliphatic hydroxyl groups is 1. The zero-order chi connectivity index (χ0) is 27.6. The van der Waals surface area contributed by atoms with E-state index < -0.39 is 23.8 Å². The van der Waals surface area contributed by atoms with Gasteiger partial charge in [-0.15, -0.1) is 0 Å². The minimum atomic E-state index is -0.900. The van der Waals surface area contributed by atoms with E-state index in [4.69, 9.17) is 9.47 Å². The maximum Gasteiger partial charge on any atom is 0.407 e. The smallest absolute Gasteiger partial charge is 0.407 e. The first-order valence-corrected chi connectivity index (χ1v) is 13.0. The molecule has 2 aromatic carbocycles. The van der Waals surface area contributed by atoms with Gasteiger partial charge in [-0.3, -0.25) is 4.79 Å². The summed E-state index contributed by atoms with van der Waals surface area (Å²) < 4.78 is 11.3. The fraction of sp³-hybridized carbons (Fsp3) is 0.533. The number of ether oxygens (including phenoxy) is 2. The van der Waals surface area contributed by atoms with E-state index in [9.17, 15) is 14.7 Å². The van der Waals surface area contributed by atoms with Crippen LogP contribution in [-0.2, 0) is 16.0 Å². The van der Waals surface area contributed by atoms with E-state index in [1.54, 1.807) is 0 Å². The molecule has 7 heteroatoms. The van der Waals surface area contributed by atoms with Crippen LogP contribution in [0.4, 0.5) is 4.79 Å². The van der Waals surface area contributed by atoms with Crippen molar-refractivity contribution in [3.63, 3.8) is 0 Å². The van der Waals surface area contributed by atoms with E-state index in [-0.39, 0.29) is 25.0 Å². The number of aryl methyl sites for hydroxylation is 2. The third kappa shape index (κ3) is 11.3. The number of hydrogen-bond acceptors (Lipinski definition) is 5. The number of amides is 2. The summed E-state index contributed by atoms with van der Waals surface area (Å²) in [7, 11) is 0. The van der Waals surface area contributed by atoms with Gasteiger partial charge in [-0.2, -0.15) is 0 Å². The molecule has 0 saturated carbocycles. The Morgan fingerprint density at radius 1 is 0.919 bits per heavy atom. The lowest BCUT2D eigenvalue weighted by molar-refractivity contribution is -0.124. The van der Waals surface area contributed by atoms with Crippen LogP contribution in [0.5, 0.6) is 5.75 Å². The molecule has 0 fully saturated rings. The van der Waals surface area contributed by atoms with Gasteiger partial charge in [0.25, 0.3) is 5.91 Å². The summed E-state index contributed by atoms with van der Waals surface area (Å²) in [6.45, 7) is 13.3. The minimum Gasteiger partial charge on any atom is -0.483 e. The second kappa shape index (κ2) is 14.0. The van der Waals surface area contributed by atoms with Gasteiger partial charge < -0.3 is 25.2 Å². The van der Waals surface area contributed by atoms with Crippen molar-refractivity contribution in [2.45, 2.75) is 91.5 Å². The van der Waals surface area contributed by atoms with Crippen molar-refractivity contribution in [2.75, 3.05) is 6.61 Å². The standard InChI is InChI=1S/C30H44N2O5/c1-20(2)16-24(31-29(35)37-30(5,6)7)18-26(33)25(17-23-14-9-8-10-15-23)32-27(34)19-36-28-21(3)12-11-13-22(28)4/h8-15,20,24-26,33H,16-19H2,1-7H3,(H,31,35)(H,32,34)/t24-,25-,26-/m0/s1. The molecule has 37 heavy (non-hydrogen) atoms. The monoisotopic (exact) mass is 512 g/mol. The van der Waals surface area contributed by atoms with Crippen molar-refractivity contribution in [3.05, 3.63) is 65.2 Å². The Balaban J connectivity index is 2.12. The van der Waals surface area contributed by atoms with Gasteiger partial charge in [-0.1, -0.05) is 62.4 Å². The predicted molar refractivity (Wildman–Crippen MR) is 147 cm³/mol. The minimum absolute atomic E-state index is 0.157. The second-order valence-corrected chi connectivity index (χ2v) is 11.1. The Bertz CT molecular complexity index is 981. The van der Waals surface area contributed by atoms with Crippen LogP contribution in [-0.4, -0.2) is 47.5 Å². The number of nitrogens with one attached hydrogen (secondary N) is 2. The summed E-state index contributed by atoms with van der Waals surface area (Å²) in [5, 5.41) is 17.1. The summed E-state index contributed by atoms with van der Waals surface area (Å²) in [5.41, 5.74) is 2.28. The van der Waals surface area contributed by atoms with Gasteiger partial charge in [0.15, 0.2) is 6.61 Å². The van der Waals surface area contributed by atoms with Gasteiger partial charge in [-0.05, 0) is 76.5 Å². The molecule has 0 heterocycles. The fourth-order valence-corrected chi connectivity index (χ4v) is 4.28.